The number of amides is 3. The lowest BCUT2D eigenvalue weighted by molar-refractivity contribution is -0.133. The Morgan fingerprint density at radius 1 is 1.38 bits per heavy atom. The highest BCUT2D eigenvalue weighted by atomic mass is 32.2. The first kappa shape index (κ1) is 21.5. The summed E-state index contributed by atoms with van der Waals surface area (Å²) in [6.45, 7) is 2.05. The zero-order valence-electron chi connectivity index (χ0n) is 15.8. The molecule has 2 aliphatic rings. The van der Waals surface area contributed by atoms with Crippen LogP contribution in [0.4, 0.5) is 9.18 Å². The first-order chi connectivity index (χ1) is 13.7. The molecule has 0 spiro atoms. The molecule has 7 nitrogen and oxygen atoms in total. The Hall–Kier alpha value is -2.20. The molecule has 2 heterocycles. The molecule has 2 aliphatic heterocycles. The van der Waals surface area contributed by atoms with Crippen LogP contribution in [0.15, 0.2) is 29.2 Å². The smallest absolute Gasteiger partial charge is 0.293 e. The standard InChI is InChI=1S/C19H21FN2O5S2/c1-2-21(15-7-9-29(26,27)12-15)17(23)6-8-22-18(24)16(28-19(22)25)11-13-4-3-5-14(20)10-13/h3-5,10-11,15H,2,6-9,12H2,1H3/b16-11+/t15-/m1/s1. The van der Waals surface area contributed by atoms with E-state index < -0.39 is 26.8 Å². The summed E-state index contributed by atoms with van der Waals surface area (Å²) in [5.41, 5.74) is 0.464. The molecule has 3 rings (SSSR count). The van der Waals surface area contributed by atoms with E-state index in [1.54, 1.807) is 13.0 Å². The highest BCUT2D eigenvalue weighted by Crippen LogP contribution is 2.32. The molecule has 2 saturated heterocycles. The number of hydrogen-bond donors (Lipinski definition) is 0. The number of benzene rings is 1. The number of imide groups is 1. The normalized spacial score (nSPS) is 22.5. The molecule has 0 unspecified atom stereocenters. The maximum Gasteiger partial charge on any atom is 0.293 e. The van der Waals surface area contributed by atoms with Crippen LogP contribution in [0.25, 0.3) is 6.08 Å². The van der Waals surface area contributed by atoms with Gasteiger partial charge in [-0.3, -0.25) is 19.3 Å². The summed E-state index contributed by atoms with van der Waals surface area (Å²) in [5.74, 6) is -1.25. The average Bonchev–Trinajstić information content (AvgIpc) is 3.13. The number of halogens is 1. The molecule has 156 valence electrons. The maximum atomic E-state index is 13.3. The zero-order valence-corrected chi connectivity index (χ0v) is 17.5. The molecule has 1 aromatic rings. The van der Waals surface area contributed by atoms with Crippen molar-refractivity contribution in [1.82, 2.24) is 9.80 Å². The summed E-state index contributed by atoms with van der Waals surface area (Å²) in [6, 6.07) is 5.30. The van der Waals surface area contributed by atoms with Gasteiger partial charge < -0.3 is 4.90 Å². The largest absolute Gasteiger partial charge is 0.339 e. The molecule has 0 radical (unpaired) electrons. The number of sulfone groups is 1. The van der Waals surface area contributed by atoms with Crippen LogP contribution in [0.2, 0.25) is 0 Å². The van der Waals surface area contributed by atoms with Crippen LogP contribution in [0.5, 0.6) is 0 Å². The van der Waals surface area contributed by atoms with E-state index in [1.165, 1.54) is 29.2 Å². The fourth-order valence-electron chi connectivity index (χ4n) is 3.45. The summed E-state index contributed by atoms with van der Waals surface area (Å²) < 4.78 is 36.7. The predicted molar refractivity (Wildman–Crippen MR) is 108 cm³/mol. The lowest BCUT2D eigenvalue weighted by Gasteiger charge is -2.27. The molecule has 1 aromatic carbocycles. The van der Waals surface area contributed by atoms with Crippen LogP contribution < -0.4 is 0 Å². The summed E-state index contributed by atoms with van der Waals surface area (Å²) in [5, 5.41) is -0.489. The molecule has 1 atom stereocenters. The minimum atomic E-state index is -3.12. The number of carbonyl (C=O) groups excluding carboxylic acids is 3. The Morgan fingerprint density at radius 2 is 2.14 bits per heavy atom. The van der Waals surface area contributed by atoms with Crippen molar-refractivity contribution in [2.24, 2.45) is 0 Å². The second kappa shape index (κ2) is 8.66. The van der Waals surface area contributed by atoms with E-state index in [9.17, 15) is 27.2 Å². The van der Waals surface area contributed by atoms with Gasteiger partial charge in [0.25, 0.3) is 11.1 Å². The van der Waals surface area contributed by atoms with Gasteiger partial charge in [0.2, 0.25) is 5.91 Å². The SMILES string of the molecule is CCN(C(=O)CCN1C(=O)S/C(=C/c2cccc(F)c2)C1=O)[C@@H]1CCS(=O)(=O)C1. The van der Waals surface area contributed by atoms with Crippen molar-refractivity contribution in [3.63, 3.8) is 0 Å². The van der Waals surface area contributed by atoms with Crippen LogP contribution >= 0.6 is 11.8 Å². The van der Waals surface area contributed by atoms with E-state index >= 15 is 0 Å². The molecule has 0 N–H and O–H groups in total. The summed E-state index contributed by atoms with van der Waals surface area (Å²) >= 11 is 0.745. The van der Waals surface area contributed by atoms with Crippen molar-refractivity contribution >= 4 is 44.7 Å². The van der Waals surface area contributed by atoms with Gasteiger partial charge in [0.15, 0.2) is 9.84 Å². The van der Waals surface area contributed by atoms with Gasteiger partial charge in [-0.1, -0.05) is 12.1 Å². The molecule has 0 bridgehead atoms. The molecular weight excluding hydrogens is 419 g/mol. The monoisotopic (exact) mass is 440 g/mol. The summed E-state index contributed by atoms with van der Waals surface area (Å²) in [6.07, 6.45) is 1.77. The lowest BCUT2D eigenvalue weighted by atomic mass is 10.2. The Balaban J connectivity index is 1.63. The topological polar surface area (TPSA) is 91.8 Å². The Bertz CT molecular complexity index is 977. The van der Waals surface area contributed by atoms with Gasteiger partial charge in [0.05, 0.1) is 16.4 Å². The van der Waals surface area contributed by atoms with Gasteiger partial charge in [-0.25, -0.2) is 12.8 Å². The number of hydrogen-bond acceptors (Lipinski definition) is 6. The number of rotatable bonds is 6. The molecular formula is C19H21FN2O5S2. The highest BCUT2D eigenvalue weighted by Gasteiger charge is 2.37. The van der Waals surface area contributed by atoms with Crippen LogP contribution in [-0.2, 0) is 19.4 Å². The van der Waals surface area contributed by atoms with Gasteiger partial charge in [0.1, 0.15) is 5.82 Å². The van der Waals surface area contributed by atoms with Crippen molar-refractivity contribution in [1.29, 1.82) is 0 Å². The summed E-state index contributed by atoms with van der Waals surface area (Å²) in [7, 11) is -3.12. The predicted octanol–water partition coefficient (Wildman–Crippen LogP) is 2.29. The highest BCUT2D eigenvalue weighted by molar-refractivity contribution is 8.18. The number of thioether (sulfide) groups is 1. The quantitative estimate of drug-likeness (QED) is 0.631. The third-order valence-corrected chi connectivity index (χ3v) is 7.54. The molecule has 3 amide bonds. The van der Waals surface area contributed by atoms with E-state index in [0.29, 0.717) is 18.5 Å². The second-order valence-corrected chi connectivity index (χ2v) is 10.1. The van der Waals surface area contributed by atoms with Gasteiger partial charge in [0, 0.05) is 25.6 Å². The molecule has 0 aliphatic carbocycles. The first-order valence-corrected chi connectivity index (χ1v) is 11.8. The fraction of sp³-hybridized carbons (Fsp3) is 0.421. The number of nitrogens with zero attached hydrogens (tertiary/aromatic N) is 2. The van der Waals surface area contributed by atoms with Crippen LogP contribution in [0.3, 0.4) is 0 Å². The van der Waals surface area contributed by atoms with Crippen LogP contribution in [0.1, 0.15) is 25.3 Å². The Labute approximate surface area is 172 Å². The average molecular weight is 441 g/mol. The van der Waals surface area contributed by atoms with E-state index in [1.807, 2.05) is 0 Å². The fourth-order valence-corrected chi connectivity index (χ4v) is 6.05. The van der Waals surface area contributed by atoms with Crippen molar-refractivity contribution in [3.8, 4) is 0 Å². The molecule has 2 fully saturated rings. The van der Waals surface area contributed by atoms with Crippen molar-refractivity contribution in [2.45, 2.75) is 25.8 Å². The zero-order chi connectivity index (χ0) is 21.2. The third-order valence-electron chi connectivity index (χ3n) is 4.88. The van der Waals surface area contributed by atoms with E-state index in [2.05, 4.69) is 0 Å². The van der Waals surface area contributed by atoms with E-state index in [0.717, 1.165) is 16.7 Å². The minimum absolute atomic E-state index is 0.0511. The maximum absolute atomic E-state index is 13.3. The Morgan fingerprint density at radius 3 is 2.76 bits per heavy atom. The van der Waals surface area contributed by atoms with Crippen LogP contribution in [-0.4, -0.2) is 65.9 Å². The third kappa shape index (κ3) is 5.05. The van der Waals surface area contributed by atoms with Gasteiger partial charge in [-0.2, -0.15) is 0 Å². The van der Waals surface area contributed by atoms with Crippen molar-refractivity contribution in [3.05, 3.63) is 40.6 Å². The lowest BCUT2D eigenvalue weighted by Crippen LogP contribution is -2.42. The minimum Gasteiger partial charge on any atom is -0.339 e. The van der Waals surface area contributed by atoms with Gasteiger partial charge in [-0.05, 0) is 48.9 Å². The van der Waals surface area contributed by atoms with Gasteiger partial charge >= 0.3 is 0 Å². The Kier molecular flexibility index (Phi) is 6.42. The van der Waals surface area contributed by atoms with Crippen LogP contribution in [0, 0.1) is 5.82 Å². The second-order valence-electron chi connectivity index (χ2n) is 6.87. The number of carbonyl (C=O) groups is 3. The van der Waals surface area contributed by atoms with Gasteiger partial charge in [-0.15, -0.1) is 0 Å². The van der Waals surface area contributed by atoms with Crippen molar-refractivity contribution in [2.75, 3.05) is 24.6 Å². The first-order valence-electron chi connectivity index (χ1n) is 9.21. The molecule has 10 heteroatoms. The molecule has 29 heavy (non-hydrogen) atoms. The summed E-state index contributed by atoms with van der Waals surface area (Å²) in [4.78, 5) is 40.0. The van der Waals surface area contributed by atoms with Crippen molar-refractivity contribution < 1.29 is 27.2 Å². The molecule has 0 saturated carbocycles. The molecule has 0 aromatic heterocycles. The van der Waals surface area contributed by atoms with E-state index in [4.69, 9.17) is 0 Å². The van der Waals surface area contributed by atoms with E-state index in [-0.39, 0.29) is 41.3 Å².